The molecule has 118 valence electrons. The van der Waals surface area contributed by atoms with Gasteiger partial charge in [0, 0.05) is 5.39 Å². The predicted octanol–water partition coefficient (Wildman–Crippen LogP) is 3.02. The van der Waals surface area contributed by atoms with Crippen LogP contribution < -0.4 is 5.56 Å². The maximum Gasteiger partial charge on any atom is 0.298 e. The summed E-state index contributed by atoms with van der Waals surface area (Å²) in [6.45, 7) is 1.83. The van der Waals surface area contributed by atoms with Gasteiger partial charge in [0.2, 0.25) is 0 Å². The van der Waals surface area contributed by atoms with Crippen molar-refractivity contribution >= 4 is 10.9 Å². The van der Waals surface area contributed by atoms with Crippen LogP contribution in [0.25, 0.3) is 22.3 Å². The maximum absolute atomic E-state index is 13.2. The molecule has 0 unspecified atom stereocenters. The van der Waals surface area contributed by atoms with Crippen LogP contribution in [0.3, 0.4) is 0 Å². The fourth-order valence-electron chi connectivity index (χ4n) is 2.69. The Morgan fingerprint density at radius 3 is 2.29 bits per heavy atom. The van der Waals surface area contributed by atoms with Crippen molar-refractivity contribution in [2.45, 2.75) is 6.92 Å². The number of para-hydroxylation sites is 1. The zero-order valence-electron chi connectivity index (χ0n) is 12.8. The largest absolute Gasteiger partial charge is 0.298 e. The lowest BCUT2D eigenvalue weighted by molar-refractivity contribution is 0.627. The first kappa shape index (κ1) is 14.3. The summed E-state index contributed by atoms with van der Waals surface area (Å²) in [6.07, 6.45) is 1.61. The second-order valence-corrected chi connectivity index (χ2v) is 5.43. The minimum Gasteiger partial charge on any atom is -0.265 e. The van der Waals surface area contributed by atoms with Gasteiger partial charge < -0.3 is 0 Å². The molecule has 0 saturated carbocycles. The standard InChI is InChI=1S/C18H13FN4O/c1-12-16-11-20-22(15-9-7-13(19)8-10-15)17(16)18(24)23(21-12)14-5-3-2-4-6-14/h2-11H,1H3. The Labute approximate surface area is 136 Å². The van der Waals surface area contributed by atoms with Crippen LogP contribution in [0.2, 0.25) is 0 Å². The number of benzene rings is 2. The highest BCUT2D eigenvalue weighted by molar-refractivity contribution is 5.81. The molecule has 2 aromatic heterocycles. The molecule has 2 heterocycles. The number of aromatic nitrogens is 4. The molecule has 0 N–H and O–H groups in total. The van der Waals surface area contributed by atoms with E-state index in [1.54, 1.807) is 18.3 Å². The summed E-state index contributed by atoms with van der Waals surface area (Å²) in [5.74, 6) is -0.338. The van der Waals surface area contributed by atoms with Gasteiger partial charge in [-0.1, -0.05) is 18.2 Å². The minimum absolute atomic E-state index is 0.274. The van der Waals surface area contributed by atoms with E-state index in [-0.39, 0.29) is 11.4 Å². The highest BCUT2D eigenvalue weighted by Gasteiger charge is 2.15. The molecule has 0 atom stereocenters. The van der Waals surface area contributed by atoms with E-state index in [9.17, 15) is 9.18 Å². The molecule has 0 aliphatic heterocycles. The molecule has 24 heavy (non-hydrogen) atoms. The van der Waals surface area contributed by atoms with Gasteiger partial charge in [-0.05, 0) is 43.3 Å². The maximum atomic E-state index is 13.2. The number of aryl methyl sites for hydroxylation is 1. The second-order valence-electron chi connectivity index (χ2n) is 5.43. The molecule has 5 nitrogen and oxygen atoms in total. The Morgan fingerprint density at radius 1 is 0.917 bits per heavy atom. The van der Waals surface area contributed by atoms with Crippen molar-refractivity contribution in [1.82, 2.24) is 19.6 Å². The van der Waals surface area contributed by atoms with Crippen LogP contribution >= 0.6 is 0 Å². The zero-order chi connectivity index (χ0) is 16.7. The van der Waals surface area contributed by atoms with Gasteiger partial charge in [0.1, 0.15) is 11.3 Å². The molecule has 0 amide bonds. The van der Waals surface area contributed by atoms with E-state index in [1.165, 1.54) is 21.5 Å². The van der Waals surface area contributed by atoms with Crippen molar-refractivity contribution < 1.29 is 4.39 Å². The van der Waals surface area contributed by atoms with E-state index in [4.69, 9.17) is 0 Å². The Balaban J connectivity index is 2.03. The second kappa shape index (κ2) is 5.42. The topological polar surface area (TPSA) is 52.7 Å². The molecule has 0 fully saturated rings. The van der Waals surface area contributed by atoms with E-state index >= 15 is 0 Å². The minimum atomic E-state index is -0.338. The number of halogens is 1. The van der Waals surface area contributed by atoms with Crippen LogP contribution in [-0.4, -0.2) is 19.6 Å². The molecule has 6 heteroatoms. The van der Waals surface area contributed by atoms with Crippen LogP contribution in [0.15, 0.2) is 65.6 Å². The third-order valence-electron chi connectivity index (χ3n) is 3.88. The Kier molecular flexibility index (Phi) is 3.23. The van der Waals surface area contributed by atoms with Gasteiger partial charge >= 0.3 is 0 Å². The quantitative estimate of drug-likeness (QED) is 0.570. The molecule has 4 rings (SSSR count). The van der Waals surface area contributed by atoms with E-state index in [0.29, 0.717) is 28.0 Å². The van der Waals surface area contributed by atoms with Crippen LogP contribution in [0, 0.1) is 12.7 Å². The van der Waals surface area contributed by atoms with E-state index in [1.807, 2.05) is 37.3 Å². The van der Waals surface area contributed by atoms with Gasteiger partial charge in [0.25, 0.3) is 5.56 Å². The Hall–Kier alpha value is -3.28. The van der Waals surface area contributed by atoms with Crippen LogP contribution in [0.4, 0.5) is 4.39 Å². The first-order valence-corrected chi connectivity index (χ1v) is 7.44. The number of fused-ring (bicyclic) bond motifs is 1. The number of hydrogen-bond donors (Lipinski definition) is 0. The molecule has 2 aromatic carbocycles. The average Bonchev–Trinajstić information content (AvgIpc) is 3.05. The molecule has 0 saturated heterocycles. The lowest BCUT2D eigenvalue weighted by Gasteiger charge is -2.08. The third kappa shape index (κ3) is 2.20. The van der Waals surface area contributed by atoms with Gasteiger partial charge in [0.15, 0.2) is 0 Å². The summed E-state index contributed by atoms with van der Waals surface area (Å²) in [6, 6.07) is 15.1. The molecule has 4 aromatic rings. The fourth-order valence-corrected chi connectivity index (χ4v) is 2.69. The van der Waals surface area contributed by atoms with E-state index in [2.05, 4.69) is 10.2 Å². The molecule has 0 spiro atoms. The van der Waals surface area contributed by atoms with Gasteiger partial charge in [-0.2, -0.15) is 14.9 Å². The highest BCUT2D eigenvalue weighted by Crippen LogP contribution is 2.18. The molecular formula is C18H13FN4O. The average molecular weight is 320 g/mol. The van der Waals surface area contributed by atoms with E-state index in [0.717, 1.165) is 0 Å². The summed E-state index contributed by atoms with van der Waals surface area (Å²) in [5, 5.41) is 9.35. The Bertz CT molecular complexity index is 1080. The molecule has 0 aliphatic carbocycles. The number of hydrogen-bond acceptors (Lipinski definition) is 3. The lowest BCUT2D eigenvalue weighted by atomic mass is 10.2. The summed E-state index contributed by atoms with van der Waals surface area (Å²) >= 11 is 0. The number of nitrogens with zero attached hydrogens (tertiary/aromatic N) is 4. The summed E-state index contributed by atoms with van der Waals surface area (Å²) in [4.78, 5) is 13.0. The smallest absolute Gasteiger partial charge is 0.265 e. The van der Waals surface area contributed by atoms with Crippen LogP contribution in [0.1, 0.15) is 5.69 Å². The van der Waals surface area contributed by atoms with Gasteiger partial charge in [-0.3, -0.25) is 4.79 Å². The van der Waals surface area contributed by atoms with Crippen molar-refractivity contribution in [3.8, 4) is 11.4 Å². The molecule has 0 bridgehead atoms. The first-order valence-electron chi connectivity index (χ1n) is 7.44. The molecular weight excluding hydrogens is 307 g/mol. The SMILES string of the molecule is Cc1nn(-c2ccccc2)c(=O)c2c1cnn2-c1ccc(F)cc1. The van der Waals surface area contributed by atoms with E-state index < -0.39 is 0 Å². The zero-order valence-corrected chi connectivity index (χ0v) is 12.8. The normalized spacial score (nSPS) is 11.1. The van der Waals surface area contributed by atoms with Gasteiger partial charge in [-0.25, -0.2) is 9.07 Å². The first-order chi connectivity index (χ1) is 11.6. The summed E-state index contributed by atoms with van der Waals surface area (Å²) < 4.78 is 16.0. The summed E-state index contributed by atoms with van der Waals surface area (Å²) in [5.41, 5.74) is 2.14. The van der Waals surface area contributed by atoms with Crippen LogP contribution in [-0.2, 0) is 0 Å². The molecule has 0 radical (unpaired) electrons. The van der Waals surface area contributed by atoms with Crippen molar-refractivity contribution in [2.75, 3.05) is 0 Å². The predicted molar refractivity (Wildman–Crippen MR) is 89.2 cm³/mol. The molecule has 0 aliphatic rings. The van der Waals surface area contributed by atoms with Crippen molar-refractivity contribution in [2.24, 2.45) is 0 Å². The van der Waals surface area contributed by atoms with Gasteiger partial charge in [-0.15, -0.1) is 0 Å². The third-order valence-corrected chi connectivity index (χ3v) is 3.88. The van der Waals surface area contributed by atoms with Crippen LogP contribution in [0.5, 0.6) is 0 Å². The van der Waals surface area contributed by atoms with Crippen molar-refractivity contribution in [1.29, 1.82) is 0 Å². The summed E-state index contributed by atoms with van der Waals surface area (Å²) in [7, 11) is 0. The Morgan fingerprint density at radius 2 is 1.58 bits per heavy atom. The van der Waals surface area contributed by atoms with Gasteiger partial charge in [0.05, 0.1) is 23.3 Å². The highest BCUT2D eigenvalue weighted by atomic mass is 19.1. The van der Waals surface area contributed by atoms with Crippen molar-refractivity contribution in [3.63, 3.8) is 0 Å². The lowest BCUT2D eigenvalue weighted by Crippen LogP contribution is -2.24. The monoisotopic (exact) mass is 320 g/mol. The van der Waals surface area contributed by atoms with Crippen molar-refractivity contribution in [3.05, 3.63) is 82.7 Å². The fraction of sp³-hybridized carbons (Fsp3) is 0.0556. The number of rotatable bonds is 2.